The molecule has 176 valence electrons. The molecule has 2 heterocycles. The van der Waals surface area contributed by atoms with Crippen molar-refractivity contribution in [3.8, 4) is 28.7 Å². The molecular weight excluding hydrogens is 424 g/mol. The van der Waals surface area contributed by atoms with Gasteiger partial charge in [-0.05, 0) is 61.6 Å². The van der Waals surface area contributed by atoms with E-state index in [2.05, 4.69) is 34.3 Å². The Morgan fingerprint density at radius 3 is 2.36 bits per heavy atom. The average Bonchev–Trinajstić information content (AvgIpc) is 3.27. The Balaban J connectivity index is 1.68. The van der Waals surface area contributed by atoms with Gasteiger partial charge in [-0.25, -0.2) is 0 Å². The number of aryl methyl sites for hydroxylation is 2. The molecule has 9 nitrogen and oxygen atoms in total. The van der Waals surface area contributed by atoms with Crippen molar-refractivity contribution in [2.24, 2.45) is 5.92 Å². The lowest BCUT2D eigenvalue weighted by Crippen LogP contribution is -2.36. The fourth-order valence-electron chi connectivity index (χ4n) is 3.37. The summed E-state index contributed by atoms with van der Waals surface area (Å²) >= 11 is 0. The summed E-state index contributed by atoms with van der Waals surface area (Å²) in [5, 5.41) is 29.4. The van der Waals surface area contributed by atoms with E-state index in [1.54, 1.807) is 6.20 Å². The molecule has 0 radical (unpaired) electrons. The Morgan fingerprint density at radius 2 is 1.79 bits per heavy atom. The zero-order valence-corrected chi connectivity index (χ0v) is 19.3. The van der Waals surface area contributed by atoms with Crippen LogP contribution in [0.3, 0.4) is 0 Å². The molecule has 3 N–H and O–H groups in total. The summed E-state index contributed by atoms with van der Waals surface area (Å²) in [4.78, 5) is 15.6. The number of aromatic nitrogens is 3. The minimum absolute atomic E-state index is 0.00273. The third-order valence-electron chi connectivity index (χ3n) is 4.92. The van der Waals surface area contributed by atoms with E-state index in [9.17, 15) is 9.90 Å². The average molecular weight is 455 g/mol. The van der Waals surface area contributed by atoms with Gasteiger partial charge in [-0.1, -0.05) is 13.8 Å². The van der Waals surface area contributed by atoms with Gasteiger partial charge in [0.1, 0.15) is 25.1 Å². The van der Waals surface area contributed by atoms with E-state index in [4.69, 9.17) is 14.3 Å². The van der Waals surface area contributed by atoms with Gasteiger partial charge in [0.15, 0.2) is 0 Å². The van der Waals surface area contributed by atoms with Crippen LogP contribution in [-0.2, 0) is 11.2 Å². The smallest absolute Gasteiger partial charge is 0.249 e. The molecule has 1 amide bonds. The molecule has 0 spiro atoms. The van der Waals surface area contributed by atoms with Crippen LogP contribution >= 0.6 is 0 Å². The largest absolute Gasteiger partial charge is 0.490 e. The molecule has 1 unspecified atom stereocenters. The highest BCUT2D eigenvalue weighted by Crippen LogP contribution is 2.31. The molecule has 1 atom stereocenters. The Bertz CT molecular complexity index is 1060. The monoisotopic (exact) mass is 454 g/mol. The predicted molar refractivity (Wildman–Crippen MR) is 123 cm³/mol. The molecule has 3 rings (SSSR count). The zero-order chi connectivity index (χ0) is 24.0. The molecule has 0 aliphatic rings. The summed E-state index contributed by atoms with van der Waals surface area (Å²) in [6, 6.07) is 7.67. The first kappa shape index (κ1) is 24.3. The van der Waals surface area contributed by atoms with Crippen LogP contribution in [-0.4, -0.2) is 57.2 Å². The first-order valence-corrected chi connectivity index (χ1v) is 10.9. The molecule has 0 aliphatic heterocycles. The number of carbonyl (C=O) groups excluding carboxylic acids is 1. The first-order valence-electron chi connectivity index (χ1n) is 10.9. The number of hydrogen-bond acceptors (Lipinski definition) is 8. The van der Waals surface area contributed by atoms with Crippen molar-refractivity contribution in [1.29, 1.82) is 0 Å². The zero-order valence-electron chi connectivity index (χ0n) is 19.3. The number of hydrogen-bond donors (Lipinski definition) is 3. The van der Waals surface area contributed by atoms with Crippen molar-refractivity contribution in [2.75, 3.05) is 19.8 Å². The van der Waals surface area contributed by atoms with Crippen molar-refractivity contribution in [1.82, 2.24) is 20.5 Å². The van der Waals surface area contributed by atoms with E-state index in [1.165, 1.54) is 0 Å². The van der Waals surface area contributed by atoms with E-state index in [-0.39, 0.29) is 13.2 Å². The Labute approximate surface area is 192 Å². The SMILES string of the molecule is Cc1cc(-c2nnc(-c3ccc(CC(C)C)nc3)o2)cc(C)c1OCC(O)CNC(=O)CO. The number of rotatable bonds is 10. The standard InChI is InChI=1S/C24H30N4O5/c1-14(2)7-19-6-5-17(10-25-19)23-27-28-24(33-23)18-8-15(3)22(16(4)9-18)32-13-20(30)11-26-21(31)12-29/h5-6,8-10,14,20,29-30H,7,11-13H2,1-4H3,(H,26,31). The van der Waals surface area contributed by atoms with Crippen molar-refractivity contribution in [3.63, 3.8) is 0 Å². The van der Waals surface area contributed by atoms with Crippen molar-refractivity contribution in [2.45, 2.75) is 40.2 Å². The maximum atomic E-state index is 11.1. The van der Waals surface area contributed by atoms with E-state index in [1.807, 2.05) is 38.1 Å². The van der Waals surface area contributed by atoms with Gasteiger partial charge in [0.25, 0.3) is 0 Å². The molecule has 0 aliphatic carbocycles. The second-order valence-electron chi connectivity index (χ2n) is 8.41. The summed E-state index contributed by atoms with van der Waals surface area (Å²) in [5.41, 5.74) is 4.23. The quantitative estimate of drug-likeness (QED) is 0.426. The highest BCUT2D eigenvalue weighted by Gasteiger charge is 2.16. The fraction of sp³-hybridized carbons (Fsp3) is 0.417. The van der Waals surface area contributed by atoms with Crippen LogP contribution in [0.1, 0.15) is 30.7 Å². The number of amides is 1. The number of benzene rings is 1. The number of pyridine rings is 1. The second kappa shape index (κ2) is 11.0. The lowest BCUT2D eigenvalue weighted by molar-refractivity contribution is -0.124. The van der Waals surface area contributed by atoms with Crippen LogP contribution in [0.15, 0.2) is 34.9 Å². The maximum absolute atomic E-state index is 11.1. The van der Waals surface area contributed by atoms with Crippen molar-refractivity contribution in [3.05, 3.63) is 47.3 Å². The number of nitrogens with zero attached hydrogens (tertiary/aromatic N) is 3. The maximum Gasteiger partial charge on any atom is 0.249 e. The molecule has 9 heteroatoms. The highest BCUT2D eigenvalue weighted by molar-refractivity contribution is 5.76. The van der Waals surface area contributed by atoms with E-state index in [0.717, 1.165) is 34.4 Å². The number of aliphatic hydroxyl groups excluding tert-OH is 2. The Morgan fingerprint density at radius 1 is 1.12 bits per heavy atom. The minimum atomic E-state index is -0.905. The molecule has 0 saturated heterocycles. The van der Waals surface area contributed by atoms with Gasteiger partial charge in [-0.15, -0.1) is 10.2 Å². The highest BCUT2D eigenvalue weighted by atomic mass is 16.5. The lowest BCUT2D eigenvalue weighted by atomic mass is 10.1. The molecule has 3 aromatic rings. The topological polar surface area (TPSA) is 131 Å². The molecule has 0 fully saturated rings. The molecule has 33 heavy (non-hydrogen) atoms. The van der Waals surface area contributed by atoms with Crippen molar-refractivity contribution < 1.29 is 24.2 Å². The summed E-state index contributed by atoms with van der Waals surface area (Å²) in [5.74, 6) is 1.41. The normalized spacial score (nSPS) is 12.1. The lowest BCUT2D eigenvalue weighted by Gasteiger charge is -2.16. The van der Waals surface area contributed by atoms with Gasteiger partial charge in [-0.3, -0.25) is 9.78 Å². The third kappa shape index (κ3) is 6.59. The van der Waals surface area contributed by atoms with Gasteiger partial charge in [0.2, 0.25) is 17.7 Å². The summed E-state index contributed by atoms with van der Waals surface area (Å²) < 4.78 is 11.6. The molecule has 0 saturated carbocycles. The van der Waals surface area contributed by atoms with Gasteiger partial charge in [0.05, 0.1) is 5.56 Å². The van der Waals surface area contributed by atoms with Crippen LogP contribution in [0.25, 0.3) is 22.9 Å². The molecule has 0 bridgehead atoms. The number of nitrogens with one attached hydrogen (secondary N) is 1. The first-order chi connectivity index (χ1) is 15.8. The van der Waals surface area contributed by atoms with Gasteiger partial charge < -0.3 is 24.7 Å². The van der Waals surface area contributed by atoms with E-state index < -0.39 is 18.6 Å². The van der Waals surface area contributed by atoms with Crippen LogP contribution in [0, 0.1) is 19.8 Å². The van der Waals surface area contributed by atoms with Gasteiger partial charge in [0, 0.05) is 24.0 Å². The summed E-state index contributed by atoms with van der Waals surface area (Å²) in [6.07, 6.45) is 1.76. The van der Waals surface area contributed by atoms with Crippen LogP contribution < -0.4 is 10.1 Å². The molecular formula is C24H30N4O5. The van der Waals surface area contributed by atoms with Gasteiger partial charge in [-0.2, -0.15) is 0 Å². The molecule has 2 aromatic heterocycles. The van der Waals surface area contributed by atoms with Crippen LogP contribution in [0.2, 0.25) is 0 Å². The Kier molecular flexibility index (Phi) is 8.13. The summed E-state index contributed by atoms with van der Waals surface area (Å²) in [7, 11) is 0. The Hall–Kier alpha value is -3.30. The number of ether oxygens (including phenoxy) is 1. The van der Waals surface area contributed by atoms with Gasteiger partial charge >= 0.3 is 0 Å². The summed E-state index contributed by atoms with van der Waals surface area (Å²) in [6.45, 7) is 7.46. The van der Waals surface area contributed by atoms with Crippen LogP contribution in [0.4, 0.5) is 0 Å². The minimum Gasteiger partial charge on any atom is -0.490 e. The number of carbonyl (C=O) groups is 1. The van der Waals surface area contributed by atoms with Crippen molar-refractivity contribution >= 4 is 5.91 Å². The van der Waals surface area contributed by atoms with Crippen LogP contribution in [0.5, 0.6) is 5.75 Å². The van der Waals surface area contributed by atoms with E-state index in [0.29, 0.717) is 23.4 Å². The van der Waals surface area contributed by atoms with E-state index >= 15 is 0 Å². The third-order valence-corrected chi connectivity index (χ3v) is 4.92. The second-order valence-corrected chi connectivity index (χ2v) is 8.41. The number of aliphatic hydroxyl groups is 2. The predicted octanol–water partition coefficient (Wildman–Crippen LogP) is 2.46. The fourth-order valence-corrected chi connectivity index (χ4v) is 3.37. The molecule has 1 aromatic carbocycles.